The Bertz CT molecular complexity index is 1900. The Morgan fingerprint density at radius 3 is 2.29 bits per heavy atom. The number of aromatic nitrogens is 2. The predicted octanol–water partition coefficient (Wildman–Crippen LogP) is 7.12. The number of thioether (sulfide) groups is 1. The molecule has 49 heavy (non-hydrogen) atoms. The van der Waals surface area contributed by atoms with Gasteiger partial charge in [-0.05, 0) is 73.4 Å². The normalized spacial score (nSPS) is 13.0. The maximum atomic E-state index is 15.7. The van der Waals surface area contributed by atoms with Crippen molar-refractivity contribution in [2.45, 2.75) is 60.4 Å². The van der Waals surface area contributed by atoms with Gasteiger partial charge in [0, 0.05) is 34.5 Å². The molecule has 8 nitrogen and oxygen atoms in total. The van der Waals surface area contributed by atoms with Crippen LogP contribution in [0.1, 0.15) is 49.9 Å². The number of carboxylic acid groups (broad SMARTS) is 1. The summed E-state index contributed by atoms with van der Waals surface area (Å²) >= 11 is 20.2. The lowest BCUT2D eigenvalue weighted by Gasteiger charge is -2.28. The molecule has 0 bridgehead atoms. The first-order valence-electron chi connectivity index (χ1n) is 15.4. The van der Waals surface area contributed by atoms with Crippen molar-refractivity contribution in [2.24, 2.45) is 0 Å². The van der Waals surface area contributed by atoms with Crippen LogP contribution in [0, 0.1) is 11.6 Å². The van der Waals surface area contributed by atoms with E-state index in [-0.39, 0.29) is 22.8 Å². The van der Waals surface area contributed by atoms with E-state index in [1.54, 1.807) is 30.5 Å². The molecule has 0 saturated heterocycles. The number of unbranched alkanes of at least 4 members (excludes halogenated alkanes) is 1. The highest BCUT2D eigenvalue weighted by Gasteiger charge is 2.34. The first-order valence-corrected chi connectivity index (χ1v) is 18.9. The summed E-state index contributed by atoms with van der Waals surface area (Å²) in [6.07, 6.45) is 3.01. The van der Waals surface area contributed by atoms with Gasteiger partial charge >= 0.3 is 5.97 Å². The number of carbonyl (C=O) groups is 1. The molecule has 0 aliphatic rings. The van der Waals surface area contributed by atoms with Gasteiger partial charge in [0.05, 0.1) is 47.5 Å². The van der Waals surface area contributed by atoms with Crippen molar-refractivity contribution < 1.29 is 32.0 Å². The van der Waals surface area contributed by atoms with Crippen molar-refractivity contribution in [3.63, 3.8) is 0 Å². The van der Waals surface area contributed by atoms with Crippen LogP contribution in [-0.2, 0) is 26.0 Å². The average Bonchev–Trinajstić information content (AvgIpc) is 3.46. The van der Waals surface area contributed by atoms with Crippen molar-refractivity contribution >= 4 is 62.6 Å². The topological polar surface area (TPSA) is 96.9 Å². The van der Waals surface area contributed by atoms with Crippen LogP contribution in [0.25, 0.3) is 5.69 Å². The summed E-state index contributed by atoms with van der Waals surface area (Å²) in [5, 5.41) is 10.9. The van der Waals surface area contributed by atoms with Gasteiger partial charge in [0.2, 0.25) is 10.0 Å². The molecule has 0 saturated carbocycles. The van der Waals surface area contributed by atoms with Crippen molar-refractivity contribution in [1.82, 2.24) is 13.9 Å². The van der Waals surface area contributed by atoms with Crippen LogP contribution in [0.4, 0.5) is 8.78 Å². The molecule has 0 fully saturated rings. The van der Waals surface area contributed by atoms with E-state index in [1.807, 2.05) is 38.6 Å². The van der Waals surface area contributed by atoms with E-state index in [0.29, 0.717) is 27.3 Å². The van der Waals surface area contributed by atoms with Gasteiger partial charge in [-0.25, -0.2) is 22.2 Å². The Morgan fingerprint density at radius 1 is 1.02 bits per heavy atom. The SMILES string of the molecule is CN([C@@H](CCCC[NH+](C)C)C(=O)O)S(=O)(=O)c1cc(F)c(CSc2ncc(C(C)(C)c3ccc(Cl)c(Cl)c3)n2-c2ccc(F)cc2)c(Cl)c1. The smallest absolute Gasteiger partial charge is 0.322 e. The summed E-state index contributed by atoms with van der Waals surface area (Å²) in [6, 6.07) is 11.8. The third-order valence-electron chi connectivity index (χ3n) is 8.36. The summed E-state index contributed by atoms with van der Waals surface area (Å²) in [7, 11) is 0.718. The minimum atomic E-state index is -4.41. The average molecular weight is 775 g/mol. The summed E-state index contributed by atoms with van der Waals surface area (Å²) in [5.41, 5.74) is 1.55. The number of likely N-dealkylation sites (N-methyl/N-ethyl adjacent to an activating group) is 1. The van der Waals surface area contributed by atoms with Gasteiger partial charge in [0.25, 0.3) is 0 Å². The second kappa shape index (κ2) is 16.1. The molecule has 15 heteroatoms. The molecule has 3 aromatic carbocycles. The number of quaternary nitrogens is 1. The van der Waals surface area contributed by atoms with Crippen LogP contribution in [0.3, 0.4) is 0 Å². The van der Waals surface area contributed by atoms with Crippen molar-refractivity contribution in [3.05, 3.63) is 104 Å². The Hall–Kier alpha value is -2.71. The molecule has 0 aliphatic carbocycles. The van der Waals surface area contributed by atoms with E-state index in [4.69, 9.17) is 34.8 Å². The lowest BCUT2D eigenvalue weighted by molar-refractivity contribution is -0.858. The number of nitrogens with one attached hydrogen (secondary N) is 1. The van der Waals surface area contributed by atoms with E-state index < -0.39 is 44.0 Å². The minimum absolute atomic E-state index is 0.0305. The number of aliphatic carboxylic acids is 1. The maximum Gasteiger partial charge on any atom is 0.322 e. The predicted molar refractivity (Wildman–Crippen MR) is 191 cm³/mol. The van der Waals surface area contributed by atoms with Gasteiger partial charge in [0.15, 0.2) is 5.16 Å². The number of hydrogen-bond acceptors (Lipinski definition) is 5. The van der Waals surface area contributed by atoms with Crippen molar-refractivity contribution in [1.29, 1.82) is 0 Å². The fraction of sp³-hybridized carbons (Fsp3) is 0.353. The van der Waals surface area contributed by atoms with Gasteiger partial charge in [-0.2, -0.15) is 4.31 Å². The van der Waals surface area contributed by atoms with Crippen LogP contribution >= 0.6 is 46.6 Å². The minimum Gasteiger partial charge on any atom is -0.480 e. The number of hydrogen-bond donors (Lipinski definition) is 2. The summed E-state index contributed by atoms with van der Waals surface area (Å²) in [4.78, 5) is 17.4. The third kappa shape index (κ3) is 8.97. The number of carboxylic acids is 1. The molecule has 0 unspecified atom stereocenters. The molecule has 4 aromatic rings. The molecule has 1 heterocycles. The van der Waals surface area contributed by atoms with Gasteiger partial charge in [-0.1, -0.05) is 66.5 Å². The number of imidazole rings is 1. The largest absolute Gasteiger partial charge is 0.480 e. The second-order valence-electron chi connectivity index (χ2n) is 12.5. The van der Waals surface area contributed by atoms with E-state index in [1.165, 1.54) is 24.1 Å². The molecule has 264 valence electrons. The van der Waals surface area contributed by atoms with Crippen LogP contribution in [0.5, 0.6) is 0 Å². The van der Waals surface area contributed by atoms with Gasteiger partial charge in [-0.3, -0.25) is 9.36 Å². The first kappa shape index (κ1) is 39.1. The molecular formula is C34H38Cl3F2N4O4S2+. The zero-order valence-corrected chi connectivity index (χ0v) is 31.5. The van der Waals surface area contributed by atoms with E-state index in [0.717, 1.165) is 52.4 Å². The molecule has 1 atom stereocenters. The Balaban J connectivity index is 1.64. The molecule has 0 spiro atoms. The van der Waals surface area contributed by atoms with Crippen molar-refractivity contribution in [3.8, 4) is 5.69 Å². The Kier molecular flexibility index (Phi) is 12.8. The highest BCUT2D eigenvalue weighted by atomic mass is 35.5. The highest BCUT2D eigenvalue weighted by molar-refractivity contribution is 7.98. The molecule has 0 radical (unpaired) electrons. The van der Waals surface area contributed by atoms with Gasteiger partial charge in [0.1, 0.15) is 17.7 Å². The Labute approximate surface area is 305 Å². The van der Waals surface area contributed by atoms with Gasteiger partial charge < -0.3 is 10.0 Å². The quantitative estimate of drug-likeness (QED) is 0.0988. The molecule has 4 rings (SSSR count). The fourth-order valence-electron chi connectivity index (χ4n) is 5.36. The fourth-order valence-corrected chi connectivity index (χ4v) is 8.49. The number of sulfonamides is 1. The van der Waals surface area contributed by atoms with Crippen molar-refractivity contribution in [2.75, 3.05) is 27.7 Å². The van der Waals surface area contributed by atoms with Crippen LogP contribution < -0.4 is 4.90 Å². The highest BCUT2D eigenvalue weighted by Crippen LogP contribution is 2.39. The zero-order chi connectivity index (χ0) is 36.3. The van der Waals surface area contributed by atoms with Crippen LogP contribution in [-0.4, -0.2) is 67.1 Å². The second-order valence-corrected chi connectivity index (χ2v) is 16.6. The summed E-state index contributed by atoms with van der Waals surface area (Å²) < 4.78 is 59.1. The summed E-state index contributed by atoms with van der Waals surface area (Å²) in [6.45, 7) is 4.76. The zero-order valence-electron chi connectivity index (χ0n) is 27.6. The monoisotopic (exact) mass is 773 g/mol. The third-order valence-corrected chi connectivity index (χ3v) is 12.3. The molecule has 2 N–H and O–H groups in total. The molecule has 0 amide bonds. The number of benzene rings is 3. The lowest BCUT2D eigenvalue weighted by atomic mass is 9.81. The number of halogens is 5. The van der Waals surface area contributed by atoms with Crippen LogP contribution in [0.15, 0.2) is 70.8 Å². The van der Waals surface area contributed by atoms with Gasteiger partial charge in [-0.15, -0.1) is 0 Å². The molecular weight excluding hydrogens is 737 g/mol. The molecule has 1 aromatic heterocycles. The number of rotatable bonds is 15. The lowest BCUT2D eigenvalue weighted by Crippen LogP contribution is -3.05. The van der Waals surface area contributed by atoms with Crippen LogP contribution in [0.2, 0.25) is 15.1 Å². The maximum absolute atomic E-state index is 15.7. The van der Waals surface area contributed by atoms with E-state index >= 15 is 4.39 Å². The van der Waals surface area contributed by atoms with E-state index in [2.05, 4.69) is 4.98 Å². The van der Waals surface area contributed by atoms with E-state index in [9.17, 15) is 22.7 Å². The standard InChI is InChI=1S/C34H37Cl3F2N4O4S2/c1-34(2,21-9-14-26(35)28(37)16-21)31-19-40-33(43(31)23-12-10-22(38)11-13-23)48-20-25-27(36)17-24(18-29(25)39)49(46,47)42(5)30(32(44)45)8-6-7-15-41(3)4/h9-14,16-19,30H,6-8,15,20H2,1-5H3,(H,44,45)/p+1/t30-/m0/s1. The molecule has 0 aliphatic heterocycles. The Morgan fingerprint density at radius 2 is 1.69 bits per heavy atom. The summed E-state index contributed by atoms with van der Waals surface area (Å²) in [5.74, 6) is -2.61. The first-order chi connectivity index (χ1) is 22.9. The number of nitrogens with zero attached hydrogens (tertiary/aromatic N) is 3.